The lowest BCUT2D eigenvalue weighted by atomic mass is 10.1. The van der Waals surface area contributed by atoms with Gasteiger partial charge in [-0.25, -0.2) is 0 Å². The number of nitrogens with one attached hydrogen (secondary N) is 1. The van der Waals surface area contributed by atoms with Crippen LogP contribution in [0, 0.1) is 13.8 Å². The van der Waals surface area contributed by atoms with E-state index in [1.165, 1.54) is 11.8 Å². The van der Waals surface area contributed by atoms with Gasteiger partial charge in [0.05, 0.1) is 10.9 Å². The molecule has 0 spiro atoms. The van der Waals surface area contributed by atoms with Gasteiger partial charge in [-0.3, -0.25) is 4.79 Å². The maximum atomic E-state index is 12.0. The molecule has 1 N–H and O–H groups in total. The van der Waals surface area contributed by atoms with Crippen LogP contribution in [0.1, 0.15) is 31.4 Å². The summed E-state index contributed by atoms with van der Waals surface area (Å²) in [6.45, 7) is 8.62. The Morgan fingerprint density at radius 2 is 2.18 bits per heavy atom. The minimum atomic E-state index is -0.249. The van der Waals surface area contributed by atoms with Crippen molar-refractivity contribution in [2.45, 2.75) is 44.5 Å². The number of tetrazole rings is 1. The molecule has 2 rings (SSSR count). The van der Waals surface area contributed by atoms with E-state index in [9.17, 15) is 4.79 Å². The summed E-state index contributed by atoms with van der Waals surface area (Å²) >= 11 is 1.36. The number of hydrogen-bond acceptors (Lipinski definition) is 5. The zero-order valence-electron chi connectivity index (χ0n) is 13.3. The summed E-state index contributed by atoms with van der Waals surface area (Å²) in [6, 6.07) is 6.13. The van der Waals surface area contributed by atoms with Crippen molar-refractivity contribution in [2.24, 2.45) is 0 Å². The number of thioether (sulfide) groups is 1. The van der Waals surface area contributed by atoms with Crippen molar-refractivity contribution in [3.05, 3.63) is 29.3 Å². The molecule has 2 aromatic rings. The molecule has 0 saturated heterocycles. The van der Waals surface area contributed by atoms with Gasteiger partial charge in [-0.05, 0) is 54.8 Å². The fourth-order valence-electron chi connectivity index (χ4n) is 1.95. The fourth-order valence-corrected chi connectivity index (χ4v) is 2.78. The van der Waals surface area contributed by atoms with Gasteiger partial charge in [-0.15, -0.1) is 5.10 Å². The molecule has 0 aliphatic rings. The zero-order chi connectivity index (χ0) is 16.1. The van der Waals surface area contributed by atoms with Crippen LogP contribution in [-0.2, 0) is 4.79 Å². The van der Waals surface area contributed by atoms with E-state index in [0.717, 1.165) is 23.2 Å². The number of nitrogens with zero attached hydrogens (tertiary/aromatic N) is 4. The second-order valence-corrected chi connectivity index (χ2v) is 6.52. The number of rotatable bonds is 6. The smallest absolute Gasteiger partial charge is 0.233 e. The van der Waals surface area contributed by atoms with Crippen molar-refractivity contribution >= 4 is 17.7 Å². The van der Waals surface area contributed by atoms with Gasteiger partial charge in [0.2, 0.25) is 11.1 Å². The van der Waals surface area contributed by atoms with E-state index in [2.05, 4.69) is 26.9 Å². The van der Waals surface area contributed by atoms with Crippen LogP contribution >= 0.6 is 11.8 Å². The first-order valence-electron chi connectivity index (χ1n) is 7.33. The van der Waals surface area contributed by atoms with Gasteiger partial charge in [0.15, 0.2) is 0 Å². The van der Waals surface area contributed by atoms with Gasteiger partial charge in [0, 0.05) is 6.54 Å². The molecular weight excluding hydrogens is 298 g/mol. The molecular formula is C15H21N5OS. The maximum absolute atomic E-state index is 12.0. The van der Waals surface area contributed by atoms with E-state index in [1.54, 1.807) is 4.68 Å². The first-order valence-corrected chi connectivity index (χ1v) is 8.21. The maximum Gasteiger partial charge on any atom is 0.233 e. The topological polar surface area (TPSA) is 72.7 Å². The van der Waals surface area contributed by atoms with E-state index in [0.29, 0.717) is 11.7 Å². The SMILES string of the molecule is CCCNC(=O)[C@@H](C)Sc1nnnn1-c1cc(C)ccc1C. The average Bonchev–Trinajstić information content (AvgIpc) is 2.95. The van der Waals surface area contributed by atoms with Crippen LogP contribution in [0.15, 0.2) is 23.4 Å². The summed E-state index contributed by atoms with van der Waals surface area (Å²) in [7, 11) is 0. The quantitative estimate of drug-likeness (QED) is 0.827. The van der Waals surface area contributed by atoms with Crippen LogP contribution in [-0.4, -0.2) is 37.9 Å². The zero-order valence-corrected chi connectivity index (χ0v) is 14.1. The molecule has 0 aliphatic heterocycles. The molecule has 1 heterocycles. The molecule has 0 unspecified atom stereocenters. The highest BCUT2D eigenvalue weighted by Gasteiger charge is 2.19. The number of aromatic nitrogens is 4. The third-order valence-corrected chi connectivity index (χ3v) is 4.27. The van der Waals surface area contributed by atoms with Gasteiger partial charge in [0.25, 0.3) is 0 Å². The molecule has 1 aromatic heterocycles. The van der Waals surface area contributed by atoms with Gasteiger partial charge >= 0.3 is 0 Å². The van der Waals surface area contributed by atoms with Crippen molar-refractivity contribution in [2.75, 3.05) is 6.54 Å². The minimum Gasteiger partial charge on any atom is -0.355 e. The first-order chi connectivity index (χ1) is 10.5. The molecule has 0 bridgehead atoms. The van der Waals surface area contributed by atoms with E-state index in [1.807, 2.05) is 39.8 Å². The number of benzene rings is 1. The number of carbonyl (C=O) groups is 1. The van der Waals surface area contributed by atoms with E-state index < -0.39 is 0 Å². The summed E-state index contributed by atoms with van der Waals surface area (Å²) in [6.07, 6.45) is 0.920. The number of amides is 1. The summed E-state index contributed by atoms with van der Waals surface area (Å²) in [5.41, 5.74) is 3.16. The Balaban J connectivity index is 2.19. The lowest BCUT2D eigenvalue weighted by Gasteiger charge is -2.12. The van der Waals surface area contributed by atoms with Crippen molar-refractivity contribution < 1.29 is 4.79 Å². The van der Waals surface area contributed by atoms with Crippen molar-refractivity contribution in [1.29, 1.82) is 0 Å². The third-order valence-electron chi connectivity index (χ3n) is 3.23. The Labute approximate surface area is 134 Å². The van der Waals surface area contributed by atoms with E-state index in [4.69, 9.17) is 0 Å². The van der Waals surface area contributed by atoms with Gasteiger partial charge in [-0.2, -0.15) is 4.68 Å². The van der Waals surface area contributed by atoms with Gasteiger partial charge in [0.1, 0.15) is 0 Å². The van der Waals surface area contributed by atoms with E-state index in [-0.39, 0.29) is 11.2 Å². The molecule has 0 saturated carbocycles. The molecule has 118 valence electrons. The predicted octanol–water partition coefficient (Wildman–Crippen LogP) is 2.29. The minimum absolute atomic E-state index is 0.00219. The summed E-state index contributed by atoms with van der Waals surface area (Å²) in [4.78, 5) is 12.0. The Morgan fingerprint density at radius 1 is 1.41 bits per heavy atom. The molecule has 22 heavy (non-hydrogen) atoms. The molecule has 0 fully saturated rings. The molecule has 1 atom stereocenters. The van der Waals surface area contributed by atoms with Crippen LogP contribution in [0.3, 0.4) is 0 Å². The second kappa shape index (κ2) is 7.40. The normalized spacial score (nSPS) is 12.2. The van der Waals surface area contributed by atoms with Crippen LogP contribution in [0.5, 0.6) is 0 Å². The largest absolute Gasteiger partial charge is 0.355 e. The average molecular weight is 319 g/mol. The van der Waals surface area contributed by atoms with Crippen molar-refractivity contribution in [3.8, 4) is 5.69 Å². The van der Waals surface area contributed by atoms with Crippen molar-refractivity contribution in [1.82, 2.24) is 25.5 Å². The summed E-state index contributed by atoms with van der Waals surface area (Å²) in [5, 5.41) is 15.1. The molecule has 1 aromatic carbocycles. The Morgan fingerprint density at radius 3 is 2.91 bits per heavy atom. The van der Waals surface area contributed by atoms with Crippen LogP contribution in [0.25, 0.3) is 5.69 Å². The summed E-state index contributed by atoms with van der Waals surface area (Å²) < 4.78 is 1.69. The standard InChI is InChI=1S/C15H21N5OS/c1-5-8-16-14(21)12(4)22-15-17-18-19-20(15)13-9-10(2)6-7-11(13)3/h6-7,9,12H,5,8H2,1-4H3,(H,16,21)/t12-/m1/s1. The first kappa shape index (κ1) is 16.5. The predicted molar refractivity (Wildman–Crippen MR) is 87.2 cm³/mol. The molecule has 1 amide bonds. The number of aryl methyl sites for hydroxylation is 2. The molecule has 0 radical (unpaired) electrons. The van der Waals surface area contributed by atoms with Gasteiger partial charge in [-0.1, -0.05) is 30.8 Å². The molecule has 6 nitrogen and oxygen atoms in total. The number of carbonyl (C=O) groups excluding carboxylic acids is 1. The lowest BCUT2D eigenvalue weighted by Crippen LogP contribution is -2.31. The van der Waals surface area contributed by atoms with Gasteiger partial charge < -0.3 is 5.32 Å². The Hall–Kier alpha value is -1.89. The second-order valence-electron chi connectivity index (χ2n) is 5.21. The number of hydrogen-bond donors (Lipinski definition) is 1. The van der Waals surface area contributed by atoms with Crippen LogP contribution < -0.4 is 5.32 Å². The highest BCUT2D eigenvalue weighted by Crippen LogP contribution is 2.24. The molecule has 0 aliphatic carbocycles. The van der Waals surface area contributed by atoms with Crippen molar-refractivity contribution in [3.63, 3.8) is 0 Å². The lowest BCUT2D eigenvalue weighted by molar-refractivity contribution is -0.120. The van der Waals surface area contributed by atoms with Crippen LogP contribution in [0.2, 0.25) is 0 Å². The van der Waals surface area contributed by atoms with E-state index >= 15 is 0 Å². The Bertz CT molecular complexity index is 655. The summed E-state index contributed by atoms with van der Waals surface area (Å²) in [5.74, 6) is 0.00219. The molecule has 7 heteroatoms. The highest BCUT2D eigenvalue weighted by molar-refractivity contribution is 8.00. The highest BCUT2D eigenvalue weighted by atomic mass is 32.2. The van der Waals surface area contributed by atoms with Crippen LogP contribution in [0.4, 0.5) is 0 Å². The fraction of sp³-hybridized carbons (Fsp3) is 0.467. The Kier molecular flexibility index (Phi) is 5.54. The third kappa shape index (κ3) is 3.85. The monoisotopic (exact) mass is 319 g/mol.